The molecule has 0 aliphatic rings. The van der Waals surface area contributed by atoms with Crippen molar-refractivity contribution in [3.05, 3.63) is 15.4 Å². The molecule has 7 heteroatoms. The maximum Gasteiger partial charge on any atom is 0.250 e. The van der Waals surface area contributed by atoms with E-state index in [1.807, 2.05) is 6.92 Å². The third-order valence-corrected chi connectivity index (χ3v) is 6.22. The molecule has 0 saturated carbocycles. The summed E-state index contributed by atoms with van der Waals surface area (Å²) in [6, 6.07) is 1.36. The molecular weight excluding hydrogens is 314 g/mol. The average Bonchev–Trinajstić information content (AvgIpc) is 2.47. The Morgan fingerprint density at radius 1 is 1.62 bits per heavy atom. The van der Waals surface area contributed by atoms with Crippen molar-refractivity contribution in [2.45, 2.75) is 30.5 Å². The highest BCUT2D eigenvalue weighted by Crippen LogP contribution is 2.30. The predicted octanol–water partition coefficient (Wildman–Crippen LogP) is 1.87. The van der Waals surface area contributed by atoms with Crippen molar-refractivity contribution < 1.29 is 13.5 Å². The molecule has 2 N–H and O–H groups in total. The van der Waals surface area contributed by atoms with Gasteiger partial charge in [-0.15, -0.1) is 11.3 Å². The zero-order valence-corrected chi connectivity index (χ0v) is 12.2. The first-order valence-electron chi connectivity index (χ1n) is 4.76. The van der Waals surface area contributed by atoms with E-state index in [0.29, 0.717) is 10.6 Å². The summed E-state index contributed by atoms with van der Waals surface area (Å²) in [6.07, 6.45) is 0.407. The first-order valence-corrected chi connectivity index (χ1v) is 7.85. The number of aryl methyl sites for hydroxylation is 1. The van der Waals surface area contributed by atoms with E-state index >= 15 is 0 Å². The van der Waals surface area contributed by atoms with Gasteiger partial charge < -0.3 is 5.11 Å². The van der Waals surface area contributed by atoms with Gasteiger partial charge in [0.1, 0.15) is 4.21 Å². The molecule has 0 aliphatic carbocycles. The molecular formula is C9H14BrNO3S2. The number of aliphatic hydroxyl groups is 1. The molecule has 1 aromatic rings. The molecule has 1 atom stereocenters. The lowest BCUT2D eigenvalue weighted by atomic mass is 10.3. The van der Waals surface area contributed by atoms with E-state index < -0.39 is 10.0 Å². The quantitative estimate of drug-likeness (QED) is 0.867. The summed E-state index contributed by atoms with van der Waals surface area (Å²) in [5.74, 6) is 0. The van der Waals surface area contributed by atoms with Crippen LogP contribution in [0.1, 0.15) is 18.9 Å². The molecule has 92 valence electrons. The van der Waals surface area contributed by atoms with Crippen LogP contribution in [0.5, 0.6) is 0 Å². The summed E-state index contributed by atoms with van der Waals surface area (Å²) >= 11 is 4.48. The van der Waals surface area contributed by atoms with Crippen LogP contribution in [-0.4, -0.2) is 26.2 Å². The van der Waals surface area contributed by atoms with Gasteiger partial charge >= 0.3 is 0 Å². The van der Waals surface area contributed by atoms with E-state index in [2.05, 4.69) is 20.7 Å². The van der Waals surface area contributed by atoms with Crippen LogP contribution in [0.4, 0.5) is 0 Å². The molecule has 0 aliphatic heterocycles. The monoisotopic (exact) mass is 327 g/mol. The van der Waals surface area contributed by atoms with E-state index in [4.69, 9.17) is 5.11 Å². The molecule has 1 heterocycles. The fourth-order valence-electron chi connectivity index (χ4n) is 1.14. The van der Waals surface area contributed by atoms with Crippen LogP contribution in [-0.2, 0) is 10.0 Å². The Morgan fingerprint density at radius 2 is 2.25 bits per heavy atom. The fourth-order valence-corrected chi connectivity index (χ4v) is 4.66. The molecule has 16 heavy (non-hydrogen) atoms. The molecule has 4 nitrogen and oxygen atoms in total. The molecule has 0 bridgehead atoms. The Bertz CT molecular complexity index is 436. The van der Waals surface area contributed by atoms with Crippen LogP contribution in [0.25, 0.3) is 0 Å². The van der Waals surface area contributed by atoms with Gasteiger partial charge in [-0.05, 0) is 47.8 Å². The van der Waals surface area contributed by atoms with Crippen molar-refractivity contribution in [2.75, 3.05) is 6.61 Å². The molecule has 0 saturated heterocycles. The Kier molecular flexibility index (Phi) is 4.93. The normalized spacial score (nSPS) is 14.0. The van der Waals surface area contributed by atoms with Crippen LogP contribution >= 0.6 is 27.3 Å². The number of nitrogens with one attached hydrogen (secondary N) is 1. The van der Waals surface area contributed by atoms with Crippen molar-refractivity contribution in [1.82, 2.24) is 4.72 Å². The Morgan fingerprint density at radius 3 is 2.69 bits per heavy atom. The maximum atomic E-state index is 11.9. The number of halogens is 1. The lowest BCUT2D eigenvalue weighted by Crippen LogP contribution is -2.32. The van der Waals surface area contributed by atoms with Gasteiger partial charge in [0.25, 0.3) is 0 Å². The maximum absolute atomic E-state index is 11.9. The molecule has 1 aromatic heterocycles. The van der Waals surface area contributed by atoms with Crippen molar-refractivity contribution >= 4 is 37.3 Å². The highest BCUT2D eigenvalue weighted by atomic mass is 79.9. The number of hydrogen-bond acceptors (Lipinski definition) is 4. The number of thiophene rings is 1. The van der Waals surface area contributed by atoms with E-state index in [1.54, 1.807) is 13.0 Å². The van der Waals surface area contributed by atoms with Crippen molar-refractivity contribution in [3.8, 4) is 0 Å². The predicted molar refractivity (Wildman–Crippen MR) is 68.2 cm³/mol. The fraction of sp³-hybridized carbons (Fsp3) is 0.556. The van der Waals surface area contributed by atoms with Gasteiger partial charge in [0, 0.05) is 12.6 Å². The highest BCUT2D eigenvalue weighted by molar-refractivity contribution is 9.11. The number of hydrogen-bond donors (Lipinski definition) is 2. The second-order valence-electron chi connectivity index (χ2n) is 3.56. The van der Waals surface area contributed by atoms with Crippen LogP contribution in [0.2, 0.25) is 0 Å². The summed E-state index contributed by atoms with van der Waals surface area (Å²) in [7, 11) is -3.46. The second kappa shape index (κ2) is 5.59. The Labute approximate surface area is 108 Å². The van der Waals surface area contributed by atoms with E-state index in [0.717, 1.165) is 9.35 Å². The number of rotatable bonds is 5. The van der Waals surface area contributed by atoms with Gasteiger partial charge in [0.15, 0.2) is 0 Å². The molecule has 0 aromatic carbocycles. The van der Waals surface area contributed by atoms with Gasteiger partial charge in [-0.25, -0.2) is 13.1 Å². The molecule has 0 fully saturated rings. The van der Waals surface area contributed by atoms with Crippen LogP contribution in [0.3, 0.4) is 0 Å². The lowest BCUT2D eigenvalue weighted by molar-refractivity contribution is 0.275. The molecule has 0 amide bonds. The van der Waals surface area contributed by atoms with Crippen molar-refractivity contribution in [1.29, 1.82) is 0 Å². The Balaban J connectivity index is 2.86. The van der Waals surface area contributed by atoms with Crippen LogP contribution < -0.4 is 4.72 Å². The second-order valence-corrected chi connectivity index (χ2v) is 7.87. The highest BCUT2D eigenvalue weighted by Gasteiger charge is 2.20. The van der Waals surface area contributed by atoms with Crippen LogP contribution in [0.15, 0.2) is 14.1 Å². The zero-order chi connectivity index (χ0) is 12.3. The summed E-state index contributed by atoms with van der Waals surface area (Å²) in [5, 5.41) is 8.71. The first-order chi connectivity index (χ1) is 7.36. The summed E-state index contributed by atoms with van der Waals surface area (Å²) in [6.45, 7) is 3.54. The molecule has 1 unspecified atom stereocenters. The van der Waals surface area contributed by atoms with E-state index in [9.17, 15) is 8.42 Å². The first kappa shape index (κ1) is 14.1. The van der Waals surface area contributed by atoms with Gasteiger partial charge in [-0.1, -0.05) is 0 Å². The SMILES string of the molecule is Cc1cc(S(=O)(=O)NC(C)CCO)sc1Br. The zero-order valence-electron chi connectivity index (χ0n) is 9.03. The van der Waals surface area contributed by atoms with Gasteiger partial charge in [0.2, 0.25) is 10.0 Å². The smallest absolute Gasteiger partial charge is 0.250 e. The molecule has 0 spiro atoms. The van der Waals surface area contributed by atoms with Gasteiger partial charge in [0.05, 0.1) is 3.79 Å². The van der Waals surface area contributed by atoms with E-state index in [1.165, 1.54) is 11.3 Å². The van der Waals surface area contributed by atoms with Gasteiger partial charge in [-0.3, -0.25) is 0 Å². The summed E-state index contributed by atoms with van der Waals surface area (Å²) in [5.41, 5.74) is 0.903. The third kappa shape index (κ3) is 3.53. The Hall–Kier alpha value is 0.0500. The minimum Gasteiger partial charge on any atom is -0.396 e. The van der Waals surface area contributed by atoms with Crippen LogP contribution in [0, 0.1) is 6.92 Å². The number of aliphatic hydroxyl groups excluding tert-OH is 1. The van der Waals surface area contributed by atoms with Gasteiger partial charge in [-0.2, -0.15) is 0 Å². The standard InChI is InChI=1S/C9H14BrNO3S2/c1-6-5-8(15-9(6)10)16(13,14)11-7(2)3-4-12/h5,7,11-12H,3-4H2,1-2H3. The molecule has 0 radical (unpaired) electrons. The topological polar surface area (TPSA) is 66.4 Å². The lowest BCUT2D eigenvalue weighted by Gasteiger charge is -2.11. The van der Waals surface area contributed by atoms with E-state index in [-0.39, 0.29) is 12.6 Å². The third-order valence-electron chi connectivity index (χ3n) is 2.02. The van der Waals surface area contributed by atoms with Crippen molar-refractivity contribution in [3.63, 3.8) is 0 Å². The van der Waals surface area contributed by atoms with Crippen molar-refractivity contribution in [2.24, 2.45) is 0 Å². The average molecular weight is 328 g/mol. The number of sulfonamides is 1. The largest absolute Gasteiger partial charge is 0.396 e. The molecule has 1 rings (SSSR count). The summed E-state index contributed by atoms with van der Waals surface area (Å²) < 4.78 is 27.4. The minimum absolute atomic E-state index is 0.0309. The minimum atomic E-state index is -3.46. The summed E-state index contributed by atoms with van der Waals surface area (Å²) in [4.78, 5) is 0.